The van der Waals surface area contributed by atoms with Crippen LogP contribution in [0.3, 0.4) is 0 Å². The molecular formula is C28H29NO10. The minimum Gasteiger partial charge on any atom is -0.493 e. The number of ether oxygens (including phenoxy) is 6. The van der Waals surface area contributed by atoms with Crippen LogP contribution in [0.4, 0.5) is 5.69 Å². The normalized spacial score (nSPS) is 10.5. The van der Waals surface area contributed by atoms with E-state index < -0.39 is 23.8 Å². The SMILES string of the molecule is COc1ccc(-c2c(N(C(C)=O)C(C)=O)c(OC(C)=O)c3cc(OC)c(OC)cc3c2OC(C)=O)cc1OC. The van der Waals surface area contributed by atoms with Crippen molar-refractivity contribution >= 4 is 40.2 Å². The van der Waals surface area contributed by atoms with Crippen LogP contribution in [0.25, 0.3) is 21.9 Å². The van der Waals surface area contributed by atoms with E-state index in [1.165, 1.54) is 62.2 Å². The van der Waals surface area contributed by atoms with Crippen LogP contribution in [0.2, 0.25) is 0 Å². The number of rotatable bonds is 8. The third-order valence-electron chi connectivity index (χ3n) is 5.71. The molecule has 0 radical (unpaired) electrons. The first-order chi connectivity index (χ1) is 18.5. The zero-order valence-electron chi connectivity index (χ0n) is 22.9. The summed E-state index contributed by atoms with van der Waals surface area (Å²) in [7, 11) is 5.75. The highest BCUT2D eigenvalue weighted by Gasteiger charge is 2.33. The molecule has 0 spiro atoms. The zero-order chi connectivity index (χ0) is 29.0. The highest BCUT2D eigenvalue weighted by Crippen LogP contribution is 2.54. The van der Waals surface area contributed by atoms with E-state index in [0.29, 0.717) is 17.1 Å². The van der Waals surface area contributed by atoms with Gasteiger partial charge in [-0.2, -0.15) is 0 Å². The number of imide groups is 1. The van der Waals surface area contributed by atoms with Gasteiger partial charge in [-0.1, -0.05) is 6.07 Å². The van der Waals surface area contributed by atoms with Gasteiger partial charge in [0.2, 0.25) is 11.8 Å². The molecule has 206 valence electrons. The van der Waals surface area contributed by atoms with Crippen molar-refractivity contribution in [1.82, 2.24) is 0 Å². The predicted octanol–water partition coefficient (Wildman–Crippen LogP) is 4.29. The summed E-state index contributed by atoms with van der Waals surface area (Å²) in [6, 6.07) is 7.84. The molecule has 0 aliphatic rings. The number of nitrogens with zero attached hydrogens (tertiary/aromatic N) is 1. The Bertz CT molecular complexity index is 1460. The van der Waals surface area contributed by atoms with Gasteiger partial charge in [0.05, 0.1) is 34.0 Å². The number of carbonyl (C=O) groups excluding carboxylic acids is 4. The number of methoxy groups -OCH3 is 4. The molecule has 2 amide bonds. The molecule has 0 atom stereocenters. The van der Waals surface area contributed by atoms with Gasteiger partial charge in [0, 0.05) is 38.5 Å². The topological polar surface area (TPSA) is 127 Å². The molecule has 0 aliphatic carbocycles. The smallest absolute Gasteiger partial charge is 0.308 e. The van der Waals surface area contributed by atoms with Crippen LogP contribution in [0.5, 0.6) is 34.5 Å². The van der Waals surface area contributed by atoms with Crippen LogP contribution in [0.1, 0.15) is 27.7 Å². The van der Waals surface area contributed by atoms with E-state index in [1.54, 1.807) is 24.3 Å². The Kier molecular flexibility index (Phi) is 8.64. The van der Waals surface area contributed by atoms with Gasteiger partial charge in [0.25, 0.3) is 0 Å². The maximum absolute atomic E-state index is 12.9. The molecule has 11 nitrogen and oxygen atoms in total. The van der Waals surface area contributed by atoms with Gasteiger partial charge < -0.3 is 28.4 Å². The fourth-order valence-corrected chi connectivity index (χ4v) is 4.24. The van der Waals surface area contributed by atoms with E-state index in [0.717, 1.165) is 4.90 Å². The Morgan fingerprint density at radius 2 is 1.03 bits per heavy atom. The first-order valence-electron chi connectivity index (χ1n) is 11.6. The molecule has 0 heterocycles. The molecule has 0 fully saturated rings. The second-order valence-corrected chi connectivity index (χ2v) is 8.27. The van der Waals surface area contributed by atoms with Crippen LogP contribution < -0.4 is 33.3 Å². The van der Waals surface area contributed by atoms with Crippen molar-refractivity contribution in [2.24, 2.45) is 0 Å². The summed E-state index contributed by atoms with van der Waals surface area (Å²) >= 11 is 0. The van der Waals surface area contributed by atoms with Crippen molar-refractivity contribution in [2.75, 3.05) is 33.3 Å². The number of fused-ring (bicyclic) bond motifs is 1. The summed E-state index contributed by atoms with van der Waals surface area (Å²) in [4.78, 5) is 51.4. The van der Waals surface area contributed by atoms with Crippen LogP contribution in [-0.4, -0.2) is 52.2 Å². The van der Waals surface area contributed by atoms with Crippen molar-refractivity contribution in [3.05, 3.63) is 30.3 Å². The second kappa shape index (κ2) is 11.7. The van der Waals surface area contributed by atoms with Crippen molar-refractivity contribution in [3.63, 3.8) is 0 Å². The number of hydrogen-bond acceptors (Lipinski definition) is 10. The zero-order valence-corrected chi connectivity index (χ0v) is 22.9. The highest BCUT2D eigenvalue weighted by molar-refractivity contribution is 6.21. The lowest BCUT2D eigenvalue weighted by Gasteiger charge is -2.27. The first kappa shape index (κ1) is 28.8. The third kappa shape index (κ3) is 5.57. The van der Waals surface area contributed by atoms with Gasteiger partial charge in [-0.15, -0.1) is 0 Å². The molecule has 3 rings (SSSR count). The second-order valence-electron chi connectivity index (χ2n) is 8.27. The Morgan fingerprint density at radius 1 is 0.590 bits per heavy atom. The summed E-state index contributed by atoms with van der Waals surface area (Å²) in [5, 5.41) is 0.491. The number of anilines is 1. The van der Waals surface area contributed by atoms with E-state index in [1.807, 2.05) is 0 Å². The molecule has 0 unspecified atom stereocenters. The minimum atomic E-state index is -0.724. The summed E-state index contributed by atoms with van der Waals surface area (Å²) in [5.41, 5.74) is 0.345. The summed E-state index contributed by atoms with van der Waals surface area (Å²) < 4.78 is 33.1. The van der Waals surface area contributed by atoms with Gasteiger partial charge in [0.15, 0.2) is 28.7 Å². The van der Waals surface area contributed by atoms with E-state index in [-0.39, 0.29) is 45.0 Å². The molecule has 39 heavy (non-hydrogen) atoms. The largest absolute Gasteiger partial charge is 0.493 e. The predicted molar refractivity (Wildman–Crippen MR) is 142 cm³/mol. The van der Waals surface area contributed by atoms with E-state index in [2.05, 4.69) is 0 Å². The molecule has 0 N–H and O–H groups in total. The summed E-state index contributed by atoms with van der Waals surface area (Å²) in [6.07, 6.45) is 0. The van der Waals surface area contributed by atoms with Gasteiger partial charge in [-0.05, 0) is 29.8 Å². The van der Waals surface area contributed by atoms with Crippen LogP contribution in [0, 0.1) is 0 Å². The van der Waals surface area contributed by atoms with Crippen LogP contribution in [-0.2, 0) is 19.2 Å². The molecule has 0 bridgehead atoms. The van der Waals surface area contributed by atoms with Crippen LogP contribution >= 0.6 is 0 Å². The summed E-state index contributed by atoms with van der Waals surface area (Å²) in [6.45, 7) is 4.75. The summed E-state index contributed by atoms with van der Waals surface area (Å²) in [5.74, 6) is -1.66. The number of hydrogen-bond donors (Lipinski definition) is 0. The number of benzene rings is 3. The molecule has 0 aromatic heterocycles. The lowest BCUT2D eigenvalue weighted by Crippen LogP contribution is -2.34. The van der Waals surface area contributed by atoms with E-state index in [4.69, 9.17) is 28.4 Å². The maximum Gasteiger partial charge on any atom is 0.308 e. The monoisotopic (exact) mass is 539 g/mol. The number of esters is 2. The van der Waals surface area contributed by atoms with Crippen molar-refractivity contribution < 1.29 is 47.6 Å². The Labute approximate surface area is 225 Å². The molecular weight excluding hydrogens is 510 g/mol. The minimum absolute atomic E-state index is 0.0240. The average Bonchev–Trinajstić information content (AvgIpc) is 2.88. The molecule has 0 aliphatic heterocycles. The average molecular weight is 540 g/mol. The van der Waals surface area contributed by atoms with Crippen molar-refractivity contribution in [2.45, 2.75) is 27.7 Å². The molecule has 0 saturated carbocycles. The standard InChI is InChI=1S/C28H29NO10/c1-14(30)29(15(2)31)26-25(18-9-10-21(34-5)22(11-18)35-6)27(38-16(3)32)19-12-23(36-7)24(37-8)13-20(19)28(26)39-17(4)33/h9-13H,1-8H3. The lowest BCUT2D eigenvalue weighted by atomic mass is 9.94. The van der Waals surface area contributed by atoms with Crippen molar-refractivity contribution in [1.29, 1.82) is 0 Å². The molecule has 3 aromatic rings. The fourth-order valence-electron chi connectivity index (χ4n) is 4.24. The third-order valence-corrected chi connectivity index (χ3v) is 5.71. The fraction of sp³-hybridized carbons (Fsp3) is 0.286. The van der Waals surface area contributed by atoms with Gasteiger partial charge in [0.1, 0.15) is 11.4 Å². The molecule has 3 aromatic carbocycles. The Balaban J connectivity index is 2.74. The van der Waals surface area contributed by atoms with Gasteiger partial charge in [-0.25, -0.2) is 4.90 Å². The van der Waals surface area contributed by atoms with E-state index in [9.17, 15) is 19.2 Å². The highest BCUT2D eigenvalue weighted by atomic mass is 16.5. The Morgan fingerprint density at radius 3 is 1.46 bits per heavy atom. The molecule has 0 saturated heterocycles. The Hall–Kier alpha value is -4.80. The van der Waals surface area contributed by atoms with Gasteiger partial charge in [-0.3, -0.25) is 19.2 Å². The van der Waals surface area contributed by atoms with Gasteiger partial charge >= 0.3 is 11.9 Å². The van der Waals surface area contributed by atoms with Crippen molar-refractivity contribution in [3.8, 4) is 45.6 Å². The molecule has 11 heteroatoms. The number of carbonyl (C=O) groups is 4. The lowest BCUT2D eigenvalue weighted by molar-refractivity contribution is -0.132. The van der Waals surface area contributed by atoms with E-state index >= 15 is 0 Å². The quantitative estimate of drug-likeness (QED) is 0.302. The first-order valence-corrected chi connectivity index (χ1v) is 11.6. The maximum atomic E-state index is 12.9. The van der Waals surface area contributed by atoms with Crippen LogP contribution in [0.15, 0.2) is 30.3 Å². The number of amides is 2.